The van der Waals surface area contributed by atoms with Gasteiger partial charge in [-0.05, 0) is 38.2 Å². The summed E-state index contributed by atoms with van der Waals surface area (Å²) < 4.78 is 40.3. The third kappa shape index (κ3) is 3.74. The van der Waals surface area contributed by atoms with E-state index < -0.39 is 15.8 Å². The fourth-order valence-corrected chi connectivity index (χ4v) is 4.77. The molecule has 4 nitrogen and oxygen atoms in total. The second kappa shape index (κ2) is 6.31. The van der Waals surface area contributed by atoms with Crippen LogP contribution in [-0.2, 0) is 16.6 Å². The molecular weight excluding hydrogens is 335 g/mol. The van der Waals surface area contributed by atoms with Gasteiger partial charge in [0.1, 0.15) is 10.7 Å². The van der Waals surface area contributed by atoms with Crippen molar-refractivity contribution >= 4 is 38.6 Å². The number of sulfonamides is 1. The van der Waals surface area contributed by atoms with Gasteiger partial charge in [-0.25, -0.2) is 12.8 Å². The van der Waals surface area contributed by atoms with Crippen LogP contribution in [-0.4, -0.2) is 15.5 Å². The summed E-state index contributed by atoms with van der Waals surface area (Å²) in [5.41, 5.74) is 0.0254. The van der Waals surface area contributed by atoms with E-state index in [1.54, 1.807) is 20.0 Å². The number of anilines is 1. The molecule has 2 rings (SSSR count). The Hall–Kier alpha value is -1.15. The first-order chi connectivity index (χ1) is 9.83. The van der Waals surface area contributed by atoms with Crippen LogP contribution in [0.25, 0.3) is 0 Å². The molecule has 0 spiro atoms. The van der Waals surface area contributed by atoms with Gasteiger partial charge in [0.15, 0.2) is 0 Å². The van der Waals surface area contributed by atoms with E-state index in [4.69, 9.17) is 11.6 Å². The second-order valence-electron chi connectivity index (χ2n) is 4.39. The Morgan fingerprint density at radius 1 is 1.33 bits per heavy atom. The molecule has 8 heteroatoms. The van der Waals surface area contributed by atoms with Gasteiger partial charge in [0.25, 0.3) is 10.0 Å². The molecule has 0 radical (unpaired) electrons. The number of aryl methyl sites for hydroxylation is 1. The summed E-state index contributed by atoms with van der Waals surface area (Å²) in [4.78, 5) is 1.75. The highest BCUT2D eigenvalue weighted by Crippen LogP contribution is 2.30. The normalized spacial score (nSPS) is 11.6. The molecule has 1 aromatic carbocycles. The smallest absolute Gasteiger partial charge is 0.263 e. The quantitative estimate of drug-likeness (QED) is 0.871. The van der Waals surface area contributed by atoms with Crippen LogP contribution in [0.3, 0.4) is 0 Å². The highest BCUT2D eigenvalue weighted by Gasteiger charge is 2.21. The van der Waals surface area contributed by atoms with Crippen molar-refractivity contribution in [3.63, 3.8) is 0 Å². The number of hydrogen-bond acceptors (Lipinski definition) is 4. The van der Waals surface area contributed by atoms with Gasteiger partial charge < -0.3 is 5.32 Å². The van der Waals surface area contributed by atoms with Crippen molar-refractivity contribution < 1.29 is 12.8 Å². The lowest BCUT2D eigenvalue weighted by Crippen LogP contribution is -2.13. The molecule has 1 heterocycles. The number of benzene rings is 1. The van der Waals surface area contributed by atoms with Gasteiger partial charge in [-0.15, -0.1) is 11.3 Å². The number of thiophene rings is 1. The number of rotatable bonds is 5. The Balaban J connectivity index is 2.36. The molecule has 0 aliphatic heterocycles. The van der Waals surface area contributed by atoms with Gasteiger partial charge in [-0.1, -0.05) is 11.6 Å². The summed E-state index contributed by atoms with van der Waals surface area (Å²) in [6.07, 6.45) is 0. The molecular formula is C13H14ClFN2O2S2. The Morgan fingerprint density at radius 3 is 2.71 bits per heavy atom. The van der Waals surface area contributed by atoms with Crippen molar-refractivity contribution in [1.29, 1.82) is 0 Å². The summed E-state index contributed by atoms with van der Waals surface area (Å²) in [5.74, 6) is -0.560. The average molecular weight is 349 g/mol. The summed E-state index contributed by atoms with van der Waals surface area (Å²) in [6, 6.07) is 5.13. The molecule has 0 unspecified atom stereocenters. The van der Waals surface area contributed by atoms with E-state index in [0.29, 0.717) is 11.4 Å². The van der Waals surface area contributed by atoms with Crippen molar-refractivity contribution in [2.24, 2.45) is 0 Å². The molecule has 1 aromatic heterocycles. The zero-order chi connectivity index (χ0) is 15.6. The number of hydrogen-bond donors (Lipinski definition) is 2. The Morgan fingerprint density at radius 2 is 2.05 bits per heavy atom. The fraction of sp³-hybridized carbons (Fsp3) is 0.231. The summed E-state index contributed by atoms with van der Waals surface area (Å²) >= 11 is 7.28. The zero-order valence-electron chi connectivity index (χ0n) is 11.4. The first-order valence-electron chi connectivity index (χ1n) is 6.05. The first kappa shape index (κ1) is 16.2. The predicted molar refractivity (Wildman–Crippen MR) is 84.0 cm³/mol. The highest BCUT2D eigenvalue weighted by atomic mass is 35.5. The SMILES string of the molecule is CNCc1cc(S(=O)(=O)Nc2cc(F)ccc2Cl)c(C)s1. The Bertz CT molecular complexity index is 760. The average Bonchev–Trinajstić information content (AvgIpc) is 2.76. The summed E-state index contributed by atoms with van der Waals surface area (Å²) in [5, 5.41) is 3.11. The maximum atomic E-state index is 13.2. The van der Waals surface area contributed by atoms with Crippen LogP contribution in [0.2, 0.25) is 5.02 Å². The molecule has 0 saturated heterocycles. The molecule has 2 N–H and O–H groups in total. The second-order valence-corrected chi connectivity index (χ2v) is 7.79. The number of halogens is 2. The Labute approximate surface area is 132 Å². The van der Waals surface area contributed by atoms with Crippen molar-refractivity contribution in [1.82, 2.24) is 5.32 Å². The van der Waals surface area contributed by atoms with Crippen LogP contribution in [0.15, 0.2) is 29.2 Å². The van der Waals surface area contributed by atoms with Gasteiger partial charge in [0.05, 0.1) is 10.7 Å². The molecule has 0 fully saturated rings. The predicted octanol–water partition coefficient (Wildman–Crippen LogP) is 3.37. The van der Waals surface area contributed by atoms with E-state index in [1.807, 2.05) is 0 Å². The summed E-state index contributed by atoms with van der Waals surface area (Å²) in [6.45, 7) is 2.31. The van der Waals surface area contributed by atoms with E-state index >= 15 is 0 Å². The van der Waals surface area contributed by atoms with Crippen LogP contribution in [0, 0.1) is 12.7 Å². The minimum Gasteiger partial charge on any atom is -0.315 e. The third-order valence-electron chi connectivity index (χ3n) is 2.74. The van der Waals surface area contributed by atoms with Gasteiger partial charge in [0, 0.05) is 16.3 Å². The van der Waals surface area contributed by atoms with Gasteiger partial charge in [-0.3, -0.25) is 4.72 Å². The Kier molecular flexibility index (Phi) is 4.88. The molecule has 2 aromatic rings. The van der Waals surface area contributed by atoms with Crippen molar-refractivity contribution in [3.05, 3.63) is 44.9 Å². The van der Waals surface area contributed by atoms with Crippen molar-refractivity contribution in [2.45, 2.75) is 18.4 Å². The maximum Gasteiger partial charge on any atom is 0.263 e. The lowest BCUT2D eigenvalue weighted by atomic mass is 10.3. The van der Waals surface area contributed by atoms with Crippen molar-refractivity contribution in [2.75, 3.05) is 11.8 Å². The third-order valence-corrected chi connectivity index (χ3v) is 5.74. The van der Waals surface area contributed by atoms with Gasteiger partial charge >= 0.3 is 0 Å². The lowest BCUT2D eigenvalue weighted by Gasteiger charge is -2.09. The molecule has 0 amide bonds. The zero-order valence-corrected chi connectivity index (χ0v) is 13.8. The highest BCUT2D eigenvalue weighted by molar-refractivity contribution is 7.93. The van der Waals surface area contributed by atoms with Gasteiger partial charge in [-0.2, -0.15) is 0 Å². The maximum absolute atomic E-state index is 13.2. The van der Waals surface area contributed by atoms with Crippen LogP contribution >= 0.6 is 22.9 Å². The minimum absolute atomic E-state index is 0.0254. The van der Waals surface area contributed by atoms with Gasteiger partial charge in [0.2, 0.25) is 0 Å². The van der Waals surface area contributed by atoms with Crippen molar-refractivity contribution in [3.8, 4) is 0 Å². The van der Waals surface area contributed by atoms with E-state index in [1.165, 1.54) is 23.5 Å². The summed E-state index contributed by atoms with van der Waals surface area (Å²) in [7, 11) is -2.01. The van der Waals surface area contributed by atoms with Crippen LogP contribution in [0.1, 0.15) is 9.75 Å². The molecule has 0 atom stereocenters. The molecule has 114 valence electrons. The van der Waals surface area contributed by atoms with E-state index in [2.05, 4.69) is 10.0 Å². The van der Waals surface area contributed by atoms with E-state index in [9.17, 15) is 12.8 Å². The van der Waals surface area contributed by atoms with Crippen LogP contribution in [0.4, 0.5) is 10.1 Å². The molecule has 0 saturated carbocycles. The van der Waals surface area contributed by atoms with E-state index in [0.717, 1.165) is 10.9 Å². The number of nitrogens with one attached hydrogen (secondary N) is 2. The molecule has 0 aliphatic carbocycles. The lowest BCUT2D eigenvalue weighted by molar-refractivity contribution is 0.601. The van der Waals surface area contributed by atoms with Crippen LogP contribution < -0.4 is 10.0 Å². The standard InChI is InChI=1S/C13H14ClFN2O2S2/c1-8-13(6-10(20-8)7-16-2)21(18,19)17-12-5-9(15)3-4-11(12)14/h3-6,16-17H,7H2,1-2H3. The van der Waals surface area contributed by atoms with E-state index in [-0.39, 0.29) is 15.6 Å². The first-order valence-corrected chi connectivity index (χ1v) is 8.73. The van der Waals surface area contributed by atoms with Crippen LogP contribution in [0.5, 0.6) is 0 Å². The fourth-order valence-electron chi connectivity index (χ4n) is 1.83. The minimum atomic E-state index is -3.80. The molecule has 0 bridgehead atoms. The topological polar surface area (TPSA) is 58.2 Å². The molecule has 0 aliphatic rings. The molecule has 21 heavy (non-hydrogen) atoms. The monoisotopic (exact) mass is 348 g/mol. The largest absolute Gasteiger partial charge is 0.315 e.